The molecule has 0 unspecified atom stereocenters. The molecule has 0 N–H and O–H groups in total. The van der Waals surface area contributed by atoms with Crippen molar-refractivity contribution < 1.29 is 9.53 Å². The van der Waals surface area contributed by atoms with Crippen LogP contribution < -0.4 is 0 Å². The molecule has 14 heavy (non-hydrogen) atoms. The number of fused-ring (bicyclic) bond motifs is 1. The van der Waals surface area contributed by atoms with Gasteiger partial charge in [-0.05, 0) is 29.5 Å². The van der Waals surface area contributed by atoms with Gasteiger partial charge in [0.15, 0.2) is 0 Å². The van der Waals surface area contributed by atoms with Gasteiger partial charge < -0.3 is 4.74 Å². The quantitative estimate of drug-likeness (QED) is 0.499. The fraction of sp³-hybridized carbons (Fsp3) is 0.250. The topological polar surface area (TPSA) is 26.3 Å². The Balaban J connectivity index is 2.35. The minimum atomic E-state index is -0.267. The number of carbonyl (C=O) groups is 1. The van der Waals surface area contributed by atoms with Crippen molar-refractivity contribution in [3.05, 3.63) is 41.5 Å². The molecular weight excluding hydrogens is 176 g/mol. The Hall–Kier alpha value is -1.57. The van der Waals surface area contributed by atoms with Crippen LogP contribution in [0.15, 0.2) is 30.3 Å². The Morgan fingerprint density at radius 2 is 2.14 bits per heavy atom. The maximum absolute atomic E-state index is 11.1. The second kappa shape index (κ2) is 3.66. The third-order valence-corrected chi connectivity index (χ3v) is 2.52. The first-order chi connectivity index (χ1) is 6.81. The van der Waals surface area contributed by atoms with E-state index in [4.69, 9.17) is 0 Å². The molecule has 2 rings (SSSR count). The molecule has 0 saturated carbocycles. The van der Waals surface area contributed by atoms with Crippen LogP contribution in [0.1, 0.15) is 17.5 Å². The Labute approximate surface area is 83.2 Å². The van der Waals surface area contributed by atoms with Gasteiger partial charge in [0.1, 0.15) is 0 Å². The molecule has 1 aliphatic carbocycles. The van der Waals surface area contributed by atoms with Crippen LogP contribution in [-0.2, 0) is 16.0 Å². The van der Waals surface area contributed by atoms with E-state index in [1.165, 1.54) is 18.2 Å². The standard InChI is InChI=1S/C12H12O2/c1-14-12(13)8-10-7-6-9-4-2-3-5-11(9)10/h2-5,8H,6-7H2,1H3/b10-8+. The van der Waals surface area contributed by atoms with Crippen LogP contribution >= 0.6 is 0 Å². The van der Waals surface area contributed by atoms with Crippen LogP contribution in [0.25, 0.3) is 5.57 Å². The van der Waals surface area contributed by atoms with E-state index in [1.54, 1.807) is 6.08 Å². The number of benzene rings is 1. The Kier molecular flexibility index (Phi) is 2.35. The van der Waals surface area contributed by atoms with Gasteiger partial charge in [0.25, 0.3) is 0 Å². The highest BCUT2D eigenvalue weighted by atomic mass is 16.5. The minimum absolute atomic E-state index is 0.267. The van der Waals surface area contributed by atoms with E-state index < -0.39 is 0 Å². The molecule has 0 bridgehead atoms. The van der Waals surface area contributed by atoms with Crippen LogP contribution in [0.2, 0.25) is 0 Å². The third kappa shape index (κ3) is 1.55. The summed E-state index contributed by atoms with van der Waals surface area (Å²) in [6.45, 7) is 0. The first-order valence-electron chi connectivity index (χ1n) is 4.68. The summed E-state index contributed by atoms with van der Waals surface area (Å²) >= 11 is 0. The molecule has 1 aromatic rings. The van der Waals surface area contributed by atoms with Crippen LogP contribution in [0.3, 0.4) is 0 Å². The van der Waals surface area contributed by atoms with Gasteiger partial charge in [-0.2, -0.15) is 0 Å². The smallest absolute Gasteiger partial charge is 0.330 e. The summed E-state index contributed by atoms with van der Waals surface area (Å²) in [5.74, 6) is -0.267. The van der Waals surface area contributed by atoms with Gasteiger partial charge in [-0.3, -0.25) is 0 Å². The number of ether oxygens (including phenoxy) is 1. The maximum atomic E-state index is 11.1. The van der Waals surface area contributed by atoms with E-state index in [9.17, 15) is 4.79 Å². The third-order valence-electron chi connectivity index (χ3n) is 2.52. The van der Waals surface area contributed by atoms with Gasteiger partial charge in [-0.15, -0.1) is 0 Å². The highest BCUT2D eigenvalue weighted by molar-refractivity contribution is 5.92. The minimum Gasteiger partial charge on any atom is -0.466 e. The number of rotatable bonds is 1. The fourth-order valence-electron chi connectivity index (χ4n) is 1.81. The van der Waals surface area contributed by atoms with Crippen LogP contribution in [0.5, 0.6) is 0 Å². The molecule has 1 aromatic carbocycles. The van der Waals surface area contributed by atoms with Crippen molar-refractivity contribution in [2.45, 2.75) is 12.8 Å². The molecule has 0 aliphatic heterocycles. The Morgan fingerprint density at radius 3 is 2.93 bits per heavy atom. The van der Waals surface area contributed by atoms with E-state index in [0.717, 1.165) is 18.4 Å². The average molecular weight is 188 g/mol. The van der Waals surface area contributed by atoms with E-state index in [-0.39, 0.29) is 5.97 Å². The van der Waals surface area contributed by atoms with E-state index in [1.807, 2.05) is 12.1 Å². The molecule has 2 nitrogen and oxygen atoms in total. The lowest BCUT2D eigenvalue weighted by atomic mass is 10.1. The zero-order chi connectivity index (χ0) is 9.97. The van der Waals surface area contributed by atoms with Gasteiger partial charge >= 0.3 is 5.97 Å². The largest absolute Gasteiger partial charge is 0.466 e. The van der Waals surface area contributed by atoms with Crippen molar-refractivity contribution in [1.82, 2.24) is 0 Å². The molecule has 0 saturated heterocycles. The molecule has 0 amide bonds. The number of hydrogen-bond acceptors (Lipinski definition) is 2. The number of allylic oxidation sites excluding steroid dienone is 1. The van der Waals surface area contributed by atoms with Gasteiger partial charge in [-0.1, -0.05) is 24.3 Å². The van der Waals surface area contributed by atoms with Gasteiger partial charge in [0, 0.05) is 6.08 Å². The highest BCUT2D eigenvalue weighted by Crippen LogP contribution is 2.31. The second-order valence-corrected chi connectivity index (χ2v) is 3.35. The van der Waals surface area contributed by atoms with Gasteiger partial charge in [-0.25, -0.2) is 4.79 Å². The normalized spacial score (nSPS) is 16.8. The van der Waals surface area contributed by atoms with Crippen LogP contribution in [0.4, 0.5) is 0 Å². The molecule has 0 aromatic heterocycles. The molecule has 0 heterocycles. The van der Waals surface area contributed by atoms with Crippen molar-refractivity contribution in [2.24, 2.45) is 0 Å². The number of aryl methyl sites for hydroxylation is 1. The highest BCUT2D eigenvalue weighted by Gasteiger charge is 2.15. The van der Waals surface area contributed by atoms with Crippen molar-refractivity contribution in [3.8, 4) is 0 Å². The predicted octanol–water partition coefficient (Wildman–Crippen LogP) is 2.19. The van der Waals surface area contributed by atoms with Gasteiger partial charge in [0.05, 0.1) is 7.11 Å². The van der Waals surface area contributed by atoms with Gasteiger partial charge in [0.2, 0.25) is 0 Å². The number of methoxy groups -OCH3 is 1. The molecule has 72 valence electrons. The summed E-state index contributed by atoms with van der Waals surface area (Å²) in [6, 6.07) is 8.18. The lowest BCUT2D eigenvalue weighted by molar-refractivity contribution is -0.134. The zero-order valence-electron chi connectivity index (χ0n) is 8.12. The summed E-state index contributed by atoms with van der Waals surface area (Å²) in [6.07, 6.45) is 3.55. The van der Waals surface area contributed by atoms with E-state index in [0.29, 0.717) is 0 Å². The fourth-order valence-corrected chi connectivity index (χ4v) is 1.81. The first-order valence-corrected chi connectivity index (χ1v) is 4.68. The Bertz CT molecular complexity index is 391. The van der Waals surface area contributed by atoms with E-state index in [2.05, 4.69) is 16.9 Å². The lowest BCUT2D eigenvalue weighted by Crippen LogP contribution is -1.95. The average Bonchev–Trinajstić information content (AvgIpc) is 2.62. The Morgan fingerprint density at radius 1 is 1.36 bits per heavy atom. The zero-order valence-corrected chi connectivity index (χ0v) is 8.12. The summed E-state index contributed by atoms with van der Waals surface area (Å²) in [5, 5.41) is 0. The maximum Gasteiger partial charge on any atom is 0.330 e. The van der Waals surface area contributed by atoms with Crippen LogP contribution in [-0.4, -0.2) is 13.1 Å². The number of hydrogen-bond donors (Lipinski definition) is 0. The molecule has 0 spiro atoms. The molecule has 1 aliphatic rings. The SMILES string of the molecule is COC(=O)/C=C1\CCc2ccccc21. The number of esters is 1. The second-order valence-electron chi connectivity index (χ2n) is 3.35. The molecular formula is C12H12O2. The van der Waals surface area contributed by atoms with Crippen molar-refractivity contribution >= 4 is 11.5 Å². The summed E-state index contributed by atoms with van der Waals surface area (Å²) in [7, 11) is 1.40. The summed E-state index contributed by atoms with van der Waals surface area (Å²) in [5.41, 5.74) is 3.60. The molecule has 0 radical (unpaired) electrons. The predicted molar refractivity (Wildman–Crippen MR) is 54.8 cm³/mol. The first kappa shape index (κ1) is 9.00. The molecule has 0 fully saturated rings. The van der Waals surface area contributed by atoms with E-state index >= 15 is 0 Å². The monoisotopic (exact) mass is 188 g/mol. The van der Waals surface area contributed by atoms with Crippen molar-refractivity contribution in [3.63, 3.8) is 0 Å². The van der Waals surface area contributed by atoms with Crippen molar-refractivity contribution in [1.29, 1.82) is 0 Å². The summed E-state index contributed by atoms with van der Waals surface area (Å²) < 4.78 is 4.61. The van der Waals surface area contributed by atoms with Crippen LogP contribution in [0, 0.1) is 0 Å². The van der Waals surface area contributed by atoms with Crippen molar-refractivity contribution in [2.75, 3.05) is 7.11 Å². The summed E-state index contributed by atoms with van der Waals surface area (Å²) in [4.78, 5) is 11.1. The molecule has 2 heteroatoms. The number of carbonyl (C=O) groups excluding carboxylic acids is 1. The lowest BCUT2D eigenvalue weighted by Gasteiger charge is -1.99. The molecule has 0 atom stereocenters.